The van der Waals surface area contributed by atoms with Crippen molar-refractivity contribution in [3.05, 3.63) is 48.0 Å². The zero-order valence-corrected chi connectivity index (χ0v) is 14.7. The van der Waals surface area contributed by atoms with Crippen LogP contribution in [0.25, 0.3) is 0 Å². The largest absolute Gasteiger partial charge is 0.335 e. The smallest absolute Gasteiger partial charge is 0.315 e. The monoisotopic (exact) mass is 342 g/mol. The standard InChI is InChI=1S/C18H26N6O/c1-2-24-14-20-22-17(24)12-19-18(25)21-16-8-10-23(11-9-16)13-15-6-4-3-5-7-15/h3-7,14,16H,2,8-13H2,1H3,(H2,19,21,25). The third-order valence-electron chi connectivity index (χ3n) is 4.62. The Kier molecular flexibility index (Phi) is 6.00. The van der Waals surface area contributed by atoms with Crippen molar-refractivity contribution in [1.29, 1.82) is 0 Å². The Morgan fingerprint density at radius 3 is 2.72 bits per heavy atom. The van der Waals surface area contributed by atoms with Gasteiger partial charge in [0.2, 0.25) is 0 Å². The van der Waals surface area contributed by atoms with Gasteiger partial charge in [0.25, 0.3) is 0 Å². The zero-order chi connectivity index (χ0) is 17.5. The van der Waals surface area contributed by atoms with Crippen LogP contribution in [-0.4, -0.2) is 44.8 Å². The minimum Gasteiger partial charge on any atom is -0.335 e. The number of piperidine rings is 1. The number of carbonyl (C=O) groups is 1. The second kappa shape index (κ2) is 8.62. The van der Waals surface area contributed by atoms with Gasteiger partial charge in [0.1, 0.15) is 6.33 Å². The molecule has 0 radical (unpaired) electrons. The second-order valence-corrected chi connectivity index (χ2v) is 6.40. The number of hydrogen-bond donors (Lipinski definition) is 2. The number of aromatic nitrogens is 3. The van der Waals surface area contributed by atoms with Crippen LogP contribution < -0.4 is 10.6 Å². The van der Waals surface area contributed by atoms with Gasteiger partial charge in [-0.1, -0.05) is 30.3 Å². The molecule has 1 aliphatic rings. The van der Waals surface area contributed by atoms with Gasteiger partial charge in [0.15, 0.2) is 5.82 Å². The quantitative estimate of drug-likeness (QED) is 0.839. The molecular weight excluding hydrogens is 316 g/mol. The van der Waals surface area contributed by atoms with Crippen molar-refractivity contribution in [1.82, 2.24) is 30.3 Å². The number of hydrogen-bond acceptors (Lipinski definition) is 4. The van der Waals surface area contributed by atoms with Gasteiger partial charge in [0.05, 0.1) is 6.54 Å². The van der Waals surface area contributed by atoms with Crippen LogP contribution >= 0.6 is 0 Å². The Morgan fingerprint density at radius 1 is 1.24 bits per heavy atom. The Labute approximate surface area is 148 Å². The van der Waals surface area contributed by atoms with E-state index in [4.69, 9.17) is 0 Å². The van der Waals surface area contributed by atoms with Crippen molar-refractivity contribution in [2.24, 2.45) is 0 Å². The van der Waals surface area contributed by atoms with E-state index in [1.165, 1.54) is 5.56 Å². The van der Waals surface area contributed by atoms with Gasteiger partial charge in [-0.2, -0.15) is 0 Å². The molecule has 7 heteroatoms. The molecule has 0 aliphatic carbocycles. The topological polar surface area (TPSA) is 75.1 Å². The highest BCUT2D eigenvalue weighted by Crippen LogP contribution is 2.13. The summed E-state index contributed by atoms with van der Waals surface area (Å²) < 4.78 is 1.92. The lowest BCUT2D eigenvalue weighted by molar-refractivity contribution is 0.186. The lowest BCUT2D eigenvalue weighted by atomic mass is 10.0. The van der Waals surface area contributed by atoms with Gasteiger partial charge in [0, 0.05) is 32.2 Å². The molecule has 0 atom stereocenters. The Bertz CT molecular complexity index is 663. The number of likely N-dealkylation sites (tertiary alicyclic amines) is 1. The molecule has 0 unspecified atom stereocenters. The van der Waals surface area contributed by atoms with Crippen LogP contribution in [0.4, 0.5) is 4.79 Å². The average molecular weight is 342 g/mol. The first-order chi connectivity index (χ1) is 12.2. The van der Waals surface area contributed by atoms with Gasteiger partial charge in [-0.3, -0.25) is 4.90 Å². The molecule has 2 amide bonds. The van der Waals surface area contributed by atoms with E-state index in [1.54, 1.807) is 6.33 Å². The molecule has 0 spiro atoms. The van der Waals surface area contributed by atoms with Crippen LogP contribution in [0, 0.1) is 0 Å². The average Bonchev–Trinajstić information content (AvgIpc) is 3.10. The van der Waals surface area contributed by atoms with E-state index in [2.05, 4.69) is 50.0 Å². The Morgan fingerprint density at radius 2 is 2.00 bits per heavy atom. The number of carbonyl (C=O) groups excluding carboxylic acids is 1. The van der Waals surface area contributed by atoms with Crippen molar-refractivity contribution < 1.29 is 4.79 Å². The third kappa shape index (κ3) is 5.03. The van der Waals surface area contributed by atoms with Crippen LogP contribution in [-0.2, 0) is 19.6 Å². The summed E-state index contributed by atoms with van der Waals surface area (Å²) >= 11 is 0. The van der Waals surface area contributed by atoms with Crippen molar-refractivity contribution >= 4 is 6.03 Å². The van der Waals surface area contributed by atoms with E-state index in [9.17, 15) is 4.79 Å². The van der Waals surface area contributed by atoms with Gasteiger partial charge < -0.3 is 15.2 Å². The van der Waals surface area contributed by atoms with E-state index >= 15 is 0 Å². The molecule has 0 saturated carbocycles. The molecule has 1 fully saturated rings. The first kappa shape index (κ1) is 17.4. The van der Waals surface area contributed by atoms with E-state index in [-0.39, 0.29) is 12.1 Å². The van der Waals surface area contributed by atoms with Crippen LogP contribution in [0.5, 0.6) is 0 Å². The van der Waals surface area contributed by atoms with Crippen LogP contribution in [0.2, 0.25) is 0 Å². The first-order valence-corrected chi connectivity index (χ1v) is 8.92. The first-order valence-electron chi connectivity index (χ1n) is 8.92. The summed E-state index contributed by atoms with van der Waals surface area (Å²) in [5, 5.41) is 13.8. The third-order valence-corrected chi connectivity index (χ3v) is 4.62. The van der Waals surface area contributed by atoms with Crippen molar-refractivity contribution in [3.63, 3.8) is 0 Å². The molecule has 2 N–H and O–H groups in total. The SMILES string of the molecule is CCn1cnnc1CNC(=O)NC1CCN(Cc2ccccc2)CC1. The minimum absolute atomic E-state index is 0.132. The molecule has 1 aliphatic heterocycles. The number of benzene rings is 1. The summed E-state index contributed by atoms with van der Waals surface area (Å²) in [5.41, 5.74) is 1.34. The summed E-state index contributed by atoms with van der Waals surface area (Å²) in [7, 11) is 0. The van der Waals surface area contributed by atoms with E-state index in [1.807, 2.05) is 17.6 Å². The Balaban J connectivity index is 1.37. The van der Waals surface area contributed by atoms with E-state index in [0.717, 1.165) is 44.8 Å². The predicted molar refractivity (Wildman–Crippen MR) is 95.8 cm³/mol. The maximum Gasteiger partial charge on any atom is 0.315 e. The fourth-order valence-electron chi connectivity index (χ4n) is 3.15. The summed E-state index contributed by atoms with van der Waals surface area (Å²) in [4.78, 5) is 14.5. The second-order valence-electron chi connectivity index (χ2n) is 6.40. The molecule has 2 aromatic rings. The number of nitrogens with zero attached hydrogens (tertiary/aromatic N) is 4. The number of aryl methyl sites for hydroxylation is 1. The highest BCUT2D eigenvalue weighted by molar-refractivity contribution is 5.74. The fourth-order valence-corrected chi connectivity index (χ4v) is 3.15. The van der Waals surface area contributed by atoms with E-state index in [0.29, 0.717) is 6.54 Å². The number of urea groups is 1. The highest BCUT2D eigenvalue weighted by Gasteiger charge is 2.20. The van der Waals surface area contributed by atoms with Crippen molar-refractivity contribution in [2.75, 3.05) is 13.1 Å². The van der Waals surface area contributed by atoms with Gasteiger partial charge in [-0.15, -0.1) is 10.2 Å². The fraction of sp³-hybridized carbons (Fsp3) is 0.500. The van der Waals surface area contributed by atoms with E-state index < -0.39 is 0 Å². The van der Waals surface area contributed by atoms with Gasteiger partial charge in [-0.25, -0.2) is 4.79 Å². The number of amides is 2. The molecule has 1 aromatic heterocycles. The predicted octanol–water partition coefficient (Wildman–Crippen LogP) is 1.76. The molecule has 3 rings (SSSR count). The van der Waals surface area contributed by atoms with Crippen molar-refractivity contribution in [2.45, 2.75) is 45.4 Å². The molecular formula is C18H26N6O. The van der Waals surface area contributed by atoms with Gasteiger partial charge in [-0.05, 0) is 25.3 Å². The summed E-state index contributed by atoms with van der Waals surface area (Å²) in [6.07, 6.45) is 3.63. The lowest BCUT2D eigenvalue weighted by Gasteiger charge is -2.32. The summed E-state index contributed by atoms with van der Waals surface area (Å²) in [6, 6.07) is 10.6. The van der Waals surface area contributed by atoms with Crippen LogP contribution in [0.1, 0.15) is 31.2 Å². The normalized spacial score (nSPS) is 15.9. The Hall–Kier alpha value is -2.41. The molecule has 1 saturated heterocycles. The highest BCUT2D eigenvalue weighted by atomic mass is 16.2. The van der Waals surface area contributed by atoms with Crippen LogP contribution in [0.15, 0.2) is 36.7 Å². The molecule has 134 valence electrons. The molecule has 0 bridgehead atoms. The maximum atomic E-state index is 12.1. The maximum absolute atomic E-state index is 12.1. The molecule has 1 aromatic carbocycles. The molecule has 7 nitrogen and oxygen atoms in total. The van der Waals surface area contributed by atoms with Gasteiger partial charge >= 0.3 is 6.03 Å². The van der Waals surface area contributed by atoms with Crippen molar-refractivity contribution in [3.8, 4) is 0 Å². The lowest BCUT2D eigenvalue weighted by Crippen LogP contribution is -2.47. The minimum atomic E-state index is -0.132. The zero-order valence-electron chi connectivity index (χ0n) is 14.7. The van der Waals surface area contributed by atoms with Crippen LogP contribution in [0.3, 0.4) is 0 Å². The number of nitrogens with one attached hydrogen (secondary N) is 2. The molecule has 25 heavy (non-hydrogen) atoms. The molecule has 2 heterocycles. The summed E-state index contributed by atoms with van der Waals surface area (Å²) in [6.45, 7) is 6.20. The number of rotatable bonds is 6. The summed E-state index contributed by atoms with van der Waals surface area (Å²) in [5.74, 6) is 0.773.